The van der Waals surface area contributed by atoms with Gasteiger partial charge in [-0.3, -0.25) is 4.98 Å². The van der Waals surface area contributed by atoms with Gasteiger partial charge in [-0.2, -0.15) is 0 Å². The maximum Gasteiger partial charge on any atom is 0.0909 e. The molecule has 0 aliphatic rings. The fraction of sp³-hybridized carbons (Fsp3) is 0.250. The number of benzene rings is 1. The van der Waals surface area contributed by atoms with E-state index in [1.165, 1.54) is 0 Å². The normalized spacial score (nSPS) is 10.6. The number of fused-ring (bicyclic) bond motifs is 1. The van der Waals surface area contributed by atoms with E-state index in [1.807, 2.05) is 19.1 Å². The van der Waals surface area contributed by atoms with E-state index in [-0.39, 0.29) is 0 Å². The molecule has 1 aromatic carbocycles. The quantitative estimate of drug-likeness (QED) is 0.836. The molecule has 0 saturated carbocycles. The van der Waals surface area contributed by atoms with E-state index >= 15 is 0 Å². The molecule has 0 unspecified atom stereocenters. The van der Waals surface area contributed by atoms with Crippen molar-refractivity contribution in [2.24, 2.45) is 0 Å². The van der Waals surface area contributed by atoms with Crippen molar-refractivity contribution in [3.8, 4) is 0 Å². The van der Waals surface area contributed by atoms with Crippen LogP contribution in [0.2, 0.25) is 5.02 Å². The molecule has 78 valence electrons. The van der Waals surface area contributed by atoms with E-state index in [9.17, 15) is 0 Å². The predicted octanol–water partition coefficient (Wildman–Crippen LogP) is 3.63. The summed E-state index contributed by atoms with van der Waals surface area (Å²) in [5.41, 5.74) is 3.11. The second-order valence-corrected chi connectivity index (χ2v) is 3.94. The zero-order valence-corrected chi connectivity index (χ0v) is 9.60. The van der Waals surface area contributed by atoms with Crippen LogP contribution in [0, 0.1) is 6.92 Å². The van der Waals surface area contributed by atoms with Crippen molar-refractivity contribution in [2.75, 3.05) is 11.9 Å². The van der Waals surface area contributed by atoms with E-state index < -0.39 is 0 Å². The highest BCUT2D eigenvalue weighted by Gasteiger charge is 2.05. The average molecular weight is 221 g/mol. The van der Waals surface area contributed by atoms with Gasteiger partial charge in [0.15, 0.2) is 0 Å². The summed E-state index contributed by atoms with van der Waals surface area (Å²) in [7, 11) is 0. The molecular weight excluding hydrogens is 208 g/mol. The molecule has 1 heterocycles. The fourth-order valence-electron chi connectivity index (χ4n) is 1.69. The van der Waals surface area contributed by atoms with Crippen LogP contribution in [-0.2, 0) is 0 Å². The van der Waals surface area contributed by atoms with Crippen molar-refractivity contribution in [3.05, 3.63) is 35.0 Å². The molecule has 0 aliphatic carbocycles. The highest BCUT2D eigenvalue weighted by molar-refractivity contribution is 6.35. The number of anilines is 1. The number of nitrogens with one attached hydrogen (secondary N) is 1. The maximum absolute atomic E-state index is 6.14. The van der Waals surface area contributed by atoms with Gasteiger partial charge in [-0.05, 0) is 37.6 Å². The fourth-order valence-corrected chi connectivity index (χ4v) is 2.01. The van der Waals surface area contributed by atoms with Crippen LogP contribution in [0.1, 0.15) is 12.5 Å². The first-order valence-electron chi connectivity index (χ1n) is 5.01. The summed E-state index contributed by atoms with van der Waals surface area (Å²) in [6, 6.07) is 6.01. The largest absolute Gasteiger partial charge is 0.385 e. The highest BCUT2D eigenvalue weighted by Crippen LogP contribution is 2.28. The Hall–Kier alpha value is -1.28. The van der Waals surface area contributed by atoms with Crippen molar-refractivity contribution in [1.29, 1.82) is 0 Å². The van der Waals surface area contributed by atoms with Crippen LogP contribution in [0.5, 0.6) is 0 Å². The van der Waals surface area contributed by atoms with E-state index in [2.05, 4.69) is 23.3 Å². The van der Waals surface area contributed by atoms with Gasteiger partial charge in [-0.1, -0.05) is 11.6 Å². The van der Waals surface area contributed by atoms with Gasteiger partial charge in [0.1, 0.15) is 0 Å². The molecule has 3 heteroatoms. The van der Waals surface area contributed by atoms with Crippen LogP contribution in [-0.4, -0.2) is 11.5 Å². The summed E-state index contributed by atoms with van der Waals surface area (Å²) in [4.78, 5) is 4.29. The van der Waals surface area contributed by atoms with Gasteiger partial charge in [-0.25, -0.2) is 0 Å². The summed E-state index contributed by atoms with van der Waals surface area (Å²) in [6.07, 6.45) is 1.78. The number of pyridine rings is 1. The lowest BCUT2D eigenvalue weighted by Crippen LogP contribution is -1.98. The SMILES string of the molecule is CCNc1ccnc2c(Cl)cc(C)cc12. The molecule has 0 amide bonds. The second kappa shape index (κ2) is 4.07. The average Bonchev–Trinajstić information content (AvgIpc) is 2.19. The number of aryl methyl sites for hydroxylation is 1. The summed E-state index contributed by atoms with van der Waals surface area (Å²) in [5.74, 6) is 0. The topological polar surface area (TPSA) is 24.9 Å². The zero-order chi connectivity index (χ0) is 10.8. The van der Waals surface area contributed by atoms with Crippen LogP contribution in [0.25, 0.3) is 10.9 Å². The lowest BCUT2D eigenvalue weighted by Gasteiger charge is -2.08. The van der Waals surface area contributed by atoms with Crippen LogP contribution in [0.4, 0.5) is 5.69 Å². The Morgan fingerprint density at radius 3 is 2.93 bits per heavy atom. The molecular formula is C12H13ClN2. The van der Waals surface area contributed by atoms with Crippen LogP contribution < -0.4 is 5.32 Å². The first-order valence-corrected chi connectivity index (χ1v) is 5.39. The van der Waals surface area contributed by atoms with Gasteiger partial charge in [0, 0.05) is 23.8 Å². The van der Waals surface area contributed by atoms with Gasteiger partial charge in [0.2, 0.25) is 0 Å². The van der Waals surface area contributed by atoms with E-state index in [4.69, 9.17) is 11.6 Å². The van der Waals surface area contributed by atoms with Crippen molar-refractivity contribution in [3.63, 3.8) is 0 Å². The lowest BCUT2D eigenvalue weighted by atomic mass is 10.1. The second-order valence-electron chi connectivity index (χ2n) is 3.53. The monoisotopic (exact) mass is 220 g/mol. The summed E-state index contributed by atoms with van der Waals surface area (Å²) < 4.78 is 0. The smallest absolute Gasteiger partial charge is 0.0909 e. The molecule has 2 rings (SSSR count). The standard InChI is InChI=1S/C12H13ClN2/c1-3-14-11-4-5-15-12-9(11)6-8(2)7-10(12)13/h4-7H,3H2,1-2H3,(H,14,15). The van der Waals surface area contributed by atoms with E-state index in [1.54, 1.807) is 6.20 Å². The third kappa shape index (κ3) is 1.90. The number of hydrogen-bond donors (Lipinski definition) is 1. The first kappa shape index (κ1) is 10.2. The van der Waals surface area contributed by atoms with Crippen molar-refractivity contribution >= 4 is 28.2 Å². The molecule has 0 fully saturated rings. The molecule has 0 radical (unpaired) electrons. The van der Waals surface area contributed by atoms with Crippen LogP contribution in [0.3, 0.4) is 0 Å². The van der Waals surface area contributed by atoms with Gasteiger partial charge < -0.3 is 5.32 Å². The Bertz CT molecular complexity index is 494. The summed E-state index contributed by atoms with van der Waals surface area (Å²) in [5, 5.41) is 5.11. The van der Waals surface area contributed by atoms with Crippen LogP contribution >= 0.6 is 11.6 Å². The molecule has 0 aliphatic heterocycles. The molecule has 0 atom stereocenters. The van der Waals surface area contributed by atoms with Crippen molar-refractivity contribution in [2.45, 2.75) is 13.8 Å². The van der Waals surface area contributed by atoms with E-state index in [0.717, 1.165) is 28.7 Å². The molecule has 1 N–H and O–H groups in total. The Kier molecular flexibility index (Phi) is 2.78. The number of hydrogen-bond acceptors (Lipinski definition) is 2. The lowest BCUT2D eigenvalue weighted by molar-refractivity contribution is 1.21. The molecule has 0 saturated heterocycles. The van der Waals surface area contributed by atoms with Gasteiger partial charge in [0.05, 0.1) is 10.5 Å². The van der Waals surface area contributed by atoms with Crippen LogP contribution in [0.15, 0.2) is 24.4 Å². The molecule has 2 nitrogen and oxygen atoms in total. The van der Waals surface area contributed by atoms with Crippen molar-refractivity contribution < 1.29 is 0 Å². The first-order chi connectivity index (χ1) is 7.22. The summed E-state index contributed by atoms with van der Waals surface area (Å²) >= 11 is 6.14. The molecule has 0 bridgehead atoms. The molecule has 0 spiro atoms. The summed E-state index contributed by atoms with van der Waals surface area (Å²) in [6.45, 7) is 5.00. The van der Waals surface area contributed by atoms with E-state index in [0.29, 0.717) is 5.02 Å². The maximum atomic E-state index is 6.14. The minimum atomic E-state index is 0.713. The Labute approximate surface area is 94.3 Å². The molecule has 15 heavy (non-hydrogen) atoms. The predicted molar refractivity (Wildman–Crippen MR) is 65.7 cm³/mol. The Morgan fingerprint density at radius 1 is 1.40 bits per heavy atom. The van der Waals surface area contributed by atoms with Gasteiger partial charge >= 0.3 is 0 Å². The van der Waals surface area contributed by atoms with Gasteiger partial charge in [-0.15, -0.1) is 0 Å². The minimum Gasteiger partial charge on any atom is -0.385 e. The van der Waals surface area contributed by atoms with Gasteiger partial charge in [0.25, 0.3) is 0 Å². The third-order valence-corrected chi connectivity index (χ3v) is 2.60. The molecule has 1 aromatic heterocycles. The Morgan fingerprint density at radius 2 is 2.20 bits per heavy atom. The third-order valence-electron chi connectivity index (χ3n) is 2.31. The number of halogens is 1. The number of aromatic nitrogens is 1. The molecule has 2 aromatic rings. The number of nitrogens with zero attached hydrogens (tertiary/aromatic N) is 1. The number of rotatable bonds is 2. The Balaban J connectivity index is 2.73. The van der Waals surface area contributed by atoms with Crippen molar-refractivity contribution in [1.82, 2.24) is 4.98 Å². The highest BCUT2D eigenvalue weighted by atomic mass is 35.5. The zero-order valence-electron chi connectivity index (χ0n) is 8.84. The minimum absolute atomic E-state index is 0.713.